The molecule has 2 rings (SSSR count). The Bertz CT molecular complexity index is 411. The van der Waals surface area contributed by atoms with E-state index in [4.69, 9.17) is 0 Å². The summed E-state index contributed by atoms with van der Waals surface area (Å²) in [5.74, 6) is 0.378. The van der Waals surface area contributed by atoms with Crippen LogP contribution < -0.4 is 0 Å². The van der Waals surface area contributed by atoms with Gasteiger partial charge >= 0.3 is 0 Å². The molecule has 1 unspecified atom stereocenters. The van der Waals surface area contributed by atoms with Gasteiger partial charge in [-0.25, -0.2) is 0 Å². The number of aliphatic hydroxyl groups excluding tert-OH is 1. The maximum absolute atomic E-state index is 10.8. The van der Waals surface area contributed by atoms with Crippen molar-refractivity contribution in [3.63, 3.8) is 0 Å². The Hall–Kier alpha value is -0.390. The van der Waals surface area contributed by atoms with Crippen LogP contribution in [0.25, 0.3) is 0 Å². The first-order valence-corrected chi connectivity index (χ1v) is 8.43. The van der Waals surface area contributed by atoms with Crippen molar-refractivity contribution in [2.75, 3.05) is 20.6 Å². The van der Waals surface area contributed by atoms with Gasteiger partial charge in [0.1, 0.15) is 0 Å². The van der Waals surface area contributed by atoms with Crippen molar-refractivity contribution in [1.29, 1.82) is 0 Å². The second kappa shape index (κ2) is 7.57. The second-order valence-electron chi connectivity index (χ2n) is 6.10. The van der Waals surface area contributed by atoms with Crippen LogP contribution in [0.4, 0.5) is 0 Å². The summed E-state index contributed by atoms with van der Waals surface area (Å²) in [5, 5.41) is 15.2. The summed E-state index contributed by atoms with van der Waals surface area (Å²) in [6.07, 6.45) is 8.78. The predicted molar refractivity (Wildman–Crippen MR) is 84.6 cm³/mol. The van der Waals surface area contributed by atoms with Gasteiger partial charge in [0.15, 0.2) is 0 Å². The number of halogens is 1. The number of likely N-dealkylation sites (N-methyl/N-ethyl adjacent to an activating group) is 1. The highest BCUT2D eigenvalue weighted by Gasteiger charge is 2.27. The lowest BCUT2D eigenvalue weighted by molar-refractivity contribution is 0.0887. The highest BCUT2D eigenvalue weighted by Crippen LogP contribution is 2.36. The van der Waals surface area contributed by atoms with E-state index in [0.29, 0.717) is 5.92 Å². The lowest BCUT2D eigenvalue weighted by Gasteiger charge is -2.23. The van der Waals surface area contributed by atoms with Crippen molar-refractivity contribution in [2.24, 2.45) is 5.92 Å². The van der Waals surface area contributed by atoms with E-state index < -0.39 is 6.10 Å². The molecule has 0 bridgehead atoms. The van der Waals surface area contributed by atoms with Gasteiger partial charge in [0.2, 0.25) is 0 Å². The van der Waals surface area contributed by atoms with Crippen molar-refractivity contribution in [3.8, 4) is 0 Å². The number of aromatic nitrogens is 2. The Morgan fingerprint density at radius 1 is 1.35 bits per heavy atom. The van der Waals surface area contributed by atoms with Gasteiger partial charge in [-0.3, -0.25) is 4.68 Å². The quantitative estimate of drug-likeness (QED) is 0.834. The van der Waals surface area contributed by atoms with Crippen LogP contribution >= 0.6 is 15.9 Å². The van der Waals surface area contributed by atoms with Crippen LogP contribution in [0.5, 0.6) is 0 Å². The summed E-state index contributed by atoms with van der Waals surface area (Å²) in [7, 11) is 4.11. The van der Waals surface area contributed by atoms with Crippen LogP contribution in [0.15, 0.2) is 10.7 Å². The summed E-state index contributed by atoms with van der Waals surface area (Å²) in [6.45, 7) is 1.75. The highest BCUT2D eigenvalue weighted by molar-refractivity contribution is 9.10. The number of hydrogen-bond donors (Lipinski definition) is 1. The highest BCUT2D eigenvalue weighted by atomic mass is 79.9. The topological polar surface area (TPSA) is 41.3 Å². The Morgan fingerprint density at radius 3 is 2.60 bits per heavy atom. The van der Waals surface area contributed by atoms with Crippen LogP contribution in [0.3, 0.4) is 0 Å². The van der Waals surface area contributed by atoms with E-state index in [1.165, 1.54) is 25.7 Å². The zero-order valence-corrected chi connectivity index (χ0v) is 14.1. The zero-order valence-electron chi connectivity index (χ0n) is 12.6. The van der Waals surface area contributed by atoms with E-state index in [9.17, 15) is 5.11 Å². The minimum Gasteiger partial charge on any atom is -0.386 e. The fourth-order valence-electron chi connectivity index (χ4n) is 2.99. The summed E-state index contributed by atoms with van der Waals surface area (Å²) in [6, 6.07) is 0. The Kier molecular flexibility index (Phi) is 6.05. The van der Waals surface area contributed by atoms with Crippen LogP contribution in [-0.4, -0.2) is 40.4 Å². The van der Waals surface area contributed by atoms with Crippen molar-refractivity contribution in [1.82, 2.24) is 14.7 Å². The van der Waals surface area contributed by atoms with Crippen molar-refractivity contribution in [3.05, 3.63) is 16.4 Å². The predicted octanol–water partition coefficient (Wildman–Crippen LogP) is 3.21. The molecule has 0 radical (unpaired) electrons. The zero-order chi connectivity index (χ0) is 14.5. The molecule has 4 nitrogen and oxygen atoms in total. The Balaban J connectivity index is 2.11. The number of hydrogen-bond acceptors (Lipinski definition) is 3. The van der Waals surface area contributed by atoms with Crippen LogP contribution in [0, 0.1) is 5.92 Å². The molecule has 1 fully saturated rings. The molecule has 1 aliphatic carbocycles. The van der Waals surface area contributed by atoms with Gasteiger partial charge in [-0.2, -0.15) is 5.10 Å². The summed E-state index contributed by atoms with van der Waals surface area (Å²) >= 11 is 3.55. The van der Waals surface area contributed by atoms with E-state index in [1.54, 1.807) is 0 Å². The minimum atomic E-state index is -0.396. The van der Waals surface area contributed by atoms with E-state index >= 15 is 0 Å². The number of rotatable bonds is 5. The third-order valence-corrected chi connectivity index (χ3v) is 4.83. The molecule has 1 N–H and O–H groups in total. The van der Waals surface area contributed by atoms with E-state index in [2.05, 4.69) is 40.0 Å². The molecule has 20 heavy (non-hydrogen) atoms. The molecule has 114 valence electrons. The third-order valence-electron chi connectivity index (χ3n) is 4.22. The molecule has 1 aromatic heterocycles. The first kappa shape index (κ1) is 16.0. The average molecular weight is 344 g/mol. The van der Waals surface area contributed by atoms with Crippen molar-refractivity contribution >= 4 is 15.9 Å². The van der Waals surface area contributed by atoms with Gasteiger partial charge in [0, 0.05) is 6.54 Å². The lowest BCUT2D eigenvalue weighted by atomic mass is 9.92. The monoisotopic (exact) mass is 343 g/mol. The van der Waals surface area contributed by atoms with Gasteiger partial charge in [0.05, 0.1) is 29.0 Å². The molecular formula is C15H26BrN3O. The average Bonchev–Trinajstić information content (AvgIpc) is 2.64. The van der Waals surface area contributed by atoms with Crippen molar-refractivity contribution in [2.45, 2.75) is 51.2 Å². The van der Waals surface area contributed by atoms with E-state index in [1.807, 2.05) is 10.9 Å². The Morgan fingerprint density at radius 2 is 2.00 bits per heavy atom. The van der Waals surface area contributed by atoms with Gasteiger partial charge < -0.3 is 10.0 Å². The van der Waals surface area contributed by atoms with Gasteiger partial charge in [-0.1, -0.05) is 25.7 Å². The van der Waals surface area contributed by atoms with Crippen LogP contribution in [-0.2, 0) is 6.54 Å². The molecule has 5 heteroatoms. The molecule has 0 aliphatic heterocycles. The molecule has 1 saturated carbocycles. The molecule has 1 atom stereocenters. The van der Waals surface area contributed by atoms with Gasteiger partial charge in [-0.05, 0) is 48.8 Å². The first-order chi connectivity index (χ1) is 9.59. The molecule has 0 aromatic carbocycles. The van der Waals surface area contributed by atoms with E-state index in [0.717, 1.165) is 36.1 Å². The molecule has 1 aromatic rings. The molecule has 1 heterocycles. The fraction of sp³-hybridized carbons (Fsp3) is 0.800. The molecular weight excluding hydrogens is 318 g/mol. The number of nitrogens with zero attached hydrogens (tertiary/aromatic N) is 3. The van der Waals surface area contributed by atoms with Crippen LogP contribution in [0.1, 0.15) is 50.3 Å². The second-order valence-corrected chi connectivity index (χ2v) is 6.95. The maximum Gasteiger partial charge on any atom is 0.0996 e. The maximum atomic E-state index is 10.8. The van der Waals surface area contributed by atoms with E-state index in [-0.39, 0.29) is 0 Å². The smallest absolute Gasteiger partial charge is 0.0996 e. The minimum absolute atomic E-state index is 0.378. The fourth-order valence-corrected chi connectivity index (χ4v) is 3.52. The lowest BCUT2D eigenvalue weighted by Crippen LogP contribution is -2.23. The molecule has 0 spiro atoms. The van der Waals surface area contributed by atoms with Crippen LogP contribution in [0.2, 0.25) is 0 Å². The molecule has 0 amide bonds. The summed E-state index contributed by atoms with van der Waals surface area (Å²) in [5.41, 5.74) is 0.957. The largest absolute Gasteiger partial charge is 0.386 e. The standard InChI is InChI=1S/C15H26BrN3O/c1-18(2)9-10-19-14(13(16)11-17-19)15(20)12-7-5-3-4-6-8-12/h11-12,15,20H,3-10H2,1-2H3. The number of aliphatic hydroxyl groups is 1. The SMILES string of the molecule is CN(C)CCn1ncc(Br)c1C(O)C1CCCCCC1. The van der Waals surface area contributed by atoms with Gasteiger partial charge in [-0.15, -0.1) is 0 Å². The molecule has 0 saturated heterocycles. The van der Waals surface area contributed by atoms with Gasteiger partial charge in [0.25, 0.3) is 0 Å². The molecule has 1 aliphatic rings. The first-order valence-electron chi connectivity index (χ1n) is 7.63. The van der Waals surface area contributed by atoms with Crippen molar-refractivity contribution < 1.29 is 5.11 Å². The summed E-state index contributed by atoms with van der Waals surface area (Å²) in [4.78, 5) is 2.14. The Labute approximate surface area is 130 Å². The summed E-state index contributed by atoms with van der Waals surface area (Å²) < 4.78 is 2.90. The normalized spacial score (nSPS) is 19.2. The third kappa shape index (κ3) is 4.06.